The molecule has 1 aromatic carbocycles. The quantitative estimate of drug-likeness (QED) is 0.919. The van der Waals surface area contributed by atoms with Crippen molar-refractivity contribution in [2.24, 2.45) is 12.8 Å². The van der Waals surface area contributed by atoms with Crippen molar-refractivity contribution in [3.05, 3.63) is 51.8 Å². The minimum atomic E-state index is 0.108. The molecule has 2 rings (SSSR count). The van der Waals surface area contributed by atoms with Gasteiger partial charge in [0.15, 0.2) is 0 Å². The van der Waals surface area contributed by atoms with Gasteiger partial charge in [0.05, 0.1) is 5.69 Å². The Morgan fingerprint density at radius 2 is 1.90 bits per heavy atom. The fourth-order valence-electron chi connectivity index (χ4n) is 2.38. The Bertz CT molecular complexity index is 572. The normalized spacial score (nSPS) is 12.7. The highest BCUT2D eigenvalue weighted by molar-refractivity contribution is 6.30. The van der Waals surface area contributed by atoms with Crippen molar-refractivity contribution in [2.45, 2.75) is 39.2 Å². The van der Waals surface area contributed by atoms with Crippen LogP contribution in [0.4, 0.5) is 0 Å². The lowest BCUT2D eigenvalue weighted by Gasteiger charge is -2.11. The van der Waals surface area contributed by atoms with Crippen LogP contribution in [0.25, 0.3) is 0 Å². The lowest BCUT2D eigenvalue weighted by molar-refractivity contribution is 0.609. The van der Waals surface area contributed by atoms with E-state index in [1.54, 1.807) is 4.68 Å². The maximum Gasteiger partial charge on any atom is 0.130 e. The van der Waals surface area contributed by atoms with E-state index in [0.717, 1.165) is 30.5 Å². The monoisotopic (exact) mass is 291 g/mol. The molecule has 1 aromatic heterocycles. The van der Waals surface area contributed by atoms with Gasteiger partial charge in [-0.25, -0.2) is 0 Å². The Kier molecular flexibility index (Phi) is 4.84. The van der Waals surface area contributed by atoms with Crippen LogP contribution in [0.2, 0.25) is 5.15 Å². The first kappa shape index (κ1) is 15.1. The number of nitrogens with two attached hydrogens (primary N) is 1. The molecule has 108 valence electrons. The molecule has 0 fully saturated rings. The molecule has 0 aliphatic heterocycles. The summed E-state index contributed by atoms with van der Waals surface area (Å²) in [5.41, 5.74) is 10.9. The van der Waals surface area contributed by atoms with Crippen LogP contribution in [0.5, 0.6) is 0 Å². The summed E-state index contributed by atoms with van der Waals surface area (Å²) in [4.78, 5) is 0. The molecular formula is C16H22ClN3. The van der Waals surface area contributed by atoms with E-state index < -0.39 is 0 Å². The van der Waals surface area contributed by atoms with Crippen molar-refractivity contribution in [3.8, 4) is 0 Å². The zero-order valence-corrected chi connectivity index (χ0v) is 13.1. The molecule has 4 heteroatoms. The molecule has 0 spiro atoms. The molecule has 20 heavy (non-hydrogen) atoms. The second-order valence-electron chi connectivity index (χ2n) is 5.47. The molecule has 0 saturated heterocycles. The molecule has 0 bridgehead atoms. The molecule has 2 N–H and O–H groups in total. The summed E-state index contributed by atoms with van der Waals surface area (Å²) in [5.74, 6) is 0. The van der Waals surface area contributed by atoms with E-state index in [1.807, 2.05) is 14.0 Å². The first-order chi connectivity index (χ1) is 9.47. The molecule has 0 radical (unpaired) electrons. The summed E-state index contributed by atoms with van der Waals surface area (Å²) in [7, 11) is 1.86. The third-order valence-electron chi connectivity index (χ3n) is 3.66. The molecule has 0 amide bonds. The highest BCUT2D eigenvalue weighted by atomic mass is 35.5. The Morgan fingerprint density at radius 1 is 1.25 bits per heavy atom. The van der Waals surface area contributed by atoms with Crippen LogP contribution < -0.4 is 5.73 Å². The van der Waals surface area contributed by atoms with E-state index in [9.17, 15) is 0 Å². The van der Waals surface area contributed by atoms with Crippen LogP contribution in [0.3, 0.4) is 0 Å². The zero-order chi connectivity index (χ0) is 14.7. The summed E-state index contributed by atoms with van der Waals surface area (Å²) in [6.07, 6.45) is 2.73. The second-order valence-corrected chi connectivity index (χ2v) is 5.82. The fourth-order valence-corrected chi connectivity index (χ4v) is 2.63. The standard InChI is InChI=1S/C16H22ClN3/c1-11-4-6-13(7-5-11)8-9-14(18)10-15-12(2)19-20(3)16(15)17/h4-7,14H,8-10,18H2,1-3H3. The average Bonchev–Trinajstić information content (AvgIpc) is 2.65. The van der Waals surface area contributed by atoms with Crippen LogP contribution >= 0.6 is 11.6 Å². The minimum Gasteiger partial charge on any atom is -0.327 e. The van der Waals surface area contributed by atoms with Crippen LogP contribution in [0, 0.1) is 13.8 Å². The second kappa shape index (κ2) is 6.42. The summed E-state index contributed by atoms with van der Waals surface area (Å²) in [6.45, 7) is 4.08. The molecule has 0 saturated carbocycles. The Balaban J connectivity index is 1.92. The average molecular weight is 292 g/mol. The van der Waals surface area contributed by atoms with Gasteiger partial charge in [-0.2, -0.15) is 5.10 Å². The lowest BCUT2D eigenvalue weighted by atomic mass is 10.00. The maximum absolute atomic E-state index is 6.24. The van der Waals surface area contributed by atoms with Crippen molar-refractivity contribution in [1.29, 1.82) is 0 Å². The van der Waals surface area contributed by atoms with Crippen LogP contribution in [0.15, 0.2) is 24.3 Å². The van der Waals surface area contributed by atoms with Crippen LogP contribution in [0.1, 0.15) is 28.8 Å². The highest BCUT2D eigenvalue weighted by Crippen LogP contribution is 2.21. The molecule has 1 atom stereocenters. The Morgan fingerprint density at radius 3 is 2.45 bits per heavy atom. The van der Waals surface area contributed by atoms with E-state index in [2.05, 4.69) is 36.3 Å². The SMILES string of the molecule is Cc1ccc(CCC(N)Cc2c(C)nn(C)c2Cl)cc1. The first-order valence-corrected chi connectivity index (χ1v) is 7.34. The Hall–Kier alpha value is -1.32. The van der Waals surface area contributed by atoms with E-state index in [4.69, 9.17) is 17.3 Å². The van der Waals surface area contributed by atoms with Gasteiger partial charge in [-0.15, -0.1) is 0 Å². The molecule has 1 heterocycles. The molecule has 1 unspecified atom stereocenters. The number of halogens is 1. The first-order valence-electron chi connectivity index (χ1n) is 6.96. The summed E-state index contributed by atoms with van der Waals surface area (Å²) in [5, 5.41) is 5.02. The molecular weight excluding hydrogens is 270 g/mol. The third-order valence-corrected chi connectivity index (χ3v) is 4.13. The van der Waals surface area contributed by atoms with Gasteiger partial charge < -0.3 is 5.73 Å². The summed E-state index contributed by atoms with van der Waals surface area (Å²) < 4.78 is 1.71. The van der Waals surface area contributed by atoms with E-state index in [0.29, 0.717) is 5.15 Å². The fraction of sp³-hybridized carbons (Fsp3) is 0.438. The predicted molar refractivity (Wildman–Crippen MR) is 84.1 cm³/mol. The lowest BCUT2D eigenvalue weighted by Crippen LogP contribution is -2.23. The van der Waals surface area contributed by atoms with Gasteiger partial charge in [-0.05, 0) is 38.7 Å². The number of rotatable bonds is 5. The zero-order valence-electron chi connectivity index (χ0n) is 12.4. The van der Waals surface area contributed by atoms with Crippen LogP contribution in [-0.4, -0.2) is 15.8 Å². The number of nitrogens with zero attached hydrogens (tertiary/aromatic N) is 2. The van der Waals surface area contributed by atoms with E-state index >= 15 is 0 Å². The summed E-state index contributed by atoms with van der Waals surface area (Å²) >= 11 is 6.24. The van der Waals surface area contributed by atoms with Crippen LogP contribution in [-0.2, 0) is 19.9 Å². The highest BCUT2D eigenvalue weighted by Gasteiger charge is 2.14. The van der Waals surface area contributed by atoms with Gasteiger partial charge in [0, 0.05) is 18.7 Å². The minimum absolute atomic E-state index is 0.108. The van der Waals surface area contributed by atoms with Gasteiger partial charge in [-0.1, -0.05) is 41.4 Å². The molecule has 0 aliphatic carbocycles. The summed E-state index contributed by atoms with van der Waals surface area (Å²) in [6, 6.07) is 8.73. The smallest absolute Gasteiger partial charge is 0.130 e. The van der Waals surface area contributed by atoms with Crippen molar-refractivity contribution < 1.29 is 0 Å². The van der Waals surface area contributed by atoms with E-state index in [1.165, 1.54) is 11.1 Å². The molecule has 3 nitrogen and oxygen atoms in total. The maximum atomic E-state index is 6.24. The van der Waals surface area contributed by atoms with E-state index in [-0.39, 0.29) is 6.04 Å². The van der Waals surface area contributed by atoms with Crippen molar-refractivity contribution in [3.63, 3.8) is 0 Å². The largest absolute Gasteiger partial charge is 0.327 e. The van der Waals surface area contributed by atoms with Gasteiger partial charge >= 0.3 is 0 Å². The van der Waals surface area contributed by atoms with Crippen molar-refractivity contribution >= 4 is 11.6 Å². The van der Waals surface area contributed by atoms with Gasteiger partial charge in [-0.3, -0.25) is 4.68 Å². The number of hydrogen-bond donors (Lipinski definition) is 1. The molecule has 0 aliphatic rings. The predicted octanol–water partition coefficient (Wildman–Crippen LogP) is 3.19. The van der Waals surface area contributed by atoms with Crippen molar-refractivity contribution in [2.75, 3.05) is 0 Å². The number of benzene rings is 1. The van der Waals surface area contributed by atoms with Gasteiger partial charge in [0.1, 0.15) is 5.15 Å². The molecule has 2 aromatic rings. The topological polar surface area (TPSA) is 43.8 Å². The number of hydrogen-bond acceptors (Lipinski definition) is 2. The number of aryl methyl sites for hydroxylation is 4. The number of aromatic nitrogens is 2. The Labute approximate surface area is 125 Å². The van der Waals surface area contributed by atoms with Gasteiger partial charge in [0.25, 0.3) is 0 Å². The van der Waals surface area contributed by atoms with Gasteiger partial charge in [0.2, 0.25) is 0 Å². The third kappa shape index (κ3) is 3.62. The van der Waals surface area contributed by atoms with Crippen molar-refractivity contribution in [1.82, 2.24) is 9.78 Å².